The highest BCUT2D eigenvalue weighted by atomic mass is 35.5. The molecule has 2 N–H and O–H groups in total. The molecule has 1 unspecified atom stereocenters. The minimum atomic E-state index is -0.0403. The molecule has 3 heteroatoms. The fraction of sp³-hybridized carbons (Fsp3) is 0.294. The van der Waals surface area contributed by atoms with Gasteiger partial charge in [0, 0.05) is 23.0 Å². The average Bonchev–Trinajstić information content (AvgIpc) is 2.39. The highest BCUT2D eigenvalue weighted by Crippen LogP contribution is 2.42. The normalized spacial score (nSPS) is 21.2. The van der Waals surface area contributed by atoms with Gasteiger partial charge in [0.2, 0.25) is 0 Å². The van der Waals surface area contributed by atoms with E-state index >= 15 is 0 Å². The van der Waals surface area contributed by atoms with Crippen molar-refractivity contribution in [3.63, 3.8) is 0 Å². The zero-order valence-electron chi connectivity index (χ0n) is 11.7. The van der Waals surface area contributed by atoms with Crippen molar-refractivity contribution in [2.75, 3.05) is 0 Å². The number of ether oxygens (including phenoxy) is 1. The molecule has 0 bridgehead atoms. The van der Waals surface area contributed by atoms with Gasteiger partial charge in [-0.15, -0.1) is 0 Å². The molecule has 2 aromatic carbocycles. The van der Waals surface area contributed by atoms with Crippen LogP contribution in [-0.2, 0) is 0 Å². The summed E-state index contributed by atoms with van der Waals surface area (Å²) in [7, 11) is 0. The molecule has 0 radical (unpaired) electrons. The van der Waals surface area contributed by atoms with Crippen LogP contribution in [0.4, 0.5) is 0 Å². The number of aryl methyl sites for hydroxylation is 2. The third-order valence-corrected chi connectivity index (χ3v) is 4.21. The molecule has 1 heterocycles. The van der Waals surface area contributed by atoms with Crippen LogP contribution in [0.15, 0.2) is 36.4 Å². The van der Waals surface area contributed by atoms with E-state index in [1.54, 1.807) is 0 Å². The predicted molar refractivity (Wildman–Crippen MR) is 82.3 cm³/mol. The fourth-order valence-electron chi connectivity index (χ4n) is 2.99. The maximum absolute atomic E-state index is 6.30. The zero-order valence-corrected chi connectivity index (χ0v) is 12.4. The van der Waals surface area contributed by atoms with Crippen molar-refractivity contribution in [2.24, 2.45) is 5.73 Å². The molecule has 1 aliphatic heterocycles. The molecule has 1 aliphatic rings. The molecule has 20 heavy (non-hydrogen) atoms. The summed E-state index contributed by atoms with van der Waals surface area (Å²) in [5, 5.41) is 0.702. The Kier molecular flexibility index (Phi) is 3.45. The Morgan fingerprint density at radius 3 is 2.55 bits per heavy atom. The van der Waals surface area contributed by atoms with Crippen LogP contribution in [0.3, 0.4) is 0 Å². The lowest BCUT2D eigenvalue weighted by Crippen LogP contribution is -2.25. The second-order valence-electron chi connectivity index (χ2n) is 5.44. The smallest absolute Gasteiger partial charge is 0.126 e. The first kappa shape index (κ1) is 13.5. The first-order valence-electron chi connectivity index (χ1n) is 6.84. The monoisotopic (exact) mass is 287 g/mol. The van der Waals surface area contributed by atoms with Gasteiger partial charge in [0.05, 0.1) is 0 Å². The fourth-order valence-corrected chi connectivity index (χ4v) is 3.17. The van der Waals surface area contributed by atoms with E-state index in [0.717, 1.165) is 17.7 Å². The van der Waals surface area contributed by atoms with Crippen molar-refractivity contribution in [2.45, 2.75) is 32.4 Å². The Morgan fingerprint density at radius 2 is 1.85 bits per heavy atom. The van der Waals surface area contributed by atoms with Crippen molar-refractivity contribution >= 4 is 11.6 Å². The van der Waals surface area contributed by atoms with Gasteiger partial charge in [-0.25, -0.2) is 0 Å². The summed E-state index contributed by atoms with van der Waals surface area (Å²) in [5.74, 6) is 0.848. The van der Waals surface area contributed by atoms with E-state index in [2.05, 4.69) is 32.0 Å². The largest absolute Gasteiger partial charge is 0.485 e. The number of fused-ring (bicyclic) bond motifs is 1. The van der Waals surface area contributed by atoms with Gasteiger partial charge in [0.15, 0.2) is 0 Å². The first-order chi connectivity index (χ1) is 9.56. The highest BCUT2D eigenvalue weighted by molar-refractivity contribution is 6.30. The van der Waals surface area contributed by atoms with Gasteiger partial charge in [0.1, 0.15) is 11.9 Å². The lowest BCUT2D eigenvalue weighted by molar-refractivity contribution is 0.160. The van der Waals surface area contributed by atoms with Crippen molar-refractivity contribution in [3.05, 3.63) is 63.7 Å². The molecule has 0 fully saturated rings. The van der Waals surface area contributed by atoms with Crippen LogP contribution in [0.25, 0.3) is 0 Å². The quantitative estimate of drug-likeness (QED) is 0.839. The van der Waals surface area contributed by atoms with E-state index < -0.39 is 0 Å². The first-order valence-corrected chi connectivity index (χ1v) is 7.22. The van der Waals surface area contributed by atoms with Crippen LogP contribution in [-0.4, -0.2) is 0 Å². The van der Waals surface area contributed by atoms with Crippen LogP contribution < -0.4 is 10.5 Å². The molecule has 104 valence electrons. The van der Waals surface area contributed by atoms with Gasteiger partial charge in [-0.05, 0) is 48.7 Å². The van der Waals surface area contributed by atoms with Crippen molar-refractivity contribution < 1.29 is 4.74 Å². The maximum atomic E-state index is 6.30. The minimum absolute atomic E-state index is 0.0138. The van der Waals surface area contributed by atoms with Gasteiger partial charge < -0.3 is 10.5 Å². The van der Waals surface area contributed by atoms with Crippen molar-refractivity contribution in [1.29, 1.82) is 0 Å². The molecule has 0 aliphatic carbocycles. The van der Waals surface area contributed by atoms with Gasteiger partial charge in [-0.2, -0.15) is 0 Å². The Labute approximate surface area is 124 Å². The summed E-state index contributed by atoms with van der Waals surface area (Å²) < 4.78 is 6.17. The Balaban J connectivity index is 2.01. The summed E-state index contributed by atoms with van der Waals surface area (Å²) in [6.07, 6.45) is 0.791. The predicted octanol–water partition coefficient (Wildman–Crippen LogP) is 4.48. The van der Waals surface area contributed by atoms with E-state index in [0.29, 0.717) is 5.02 Å². The van der Waals surface area contributed by atoms with Gasteiger partial charge in [0.25, 0.3) is 0 Å². The Bertz CT molecular complexity index is 633. The number of hydrogen-bond donors (Lipinski definition) is 1. The third-order valence-electron chi connectivity index (χ3n) is 3.97. The topological polar surface area (TPSA) is 35.2 Å². The Morgan fingerprint density at radius 1 is 1.15 bits per heavy atom. The van der Waals surface area contributed by atoms with Gasteiger partial charge in [-0.1, -0.05) is 29.8 Å². The lowest BCUT2D eigenvalue weighted by Gasteiger charge is -2.32. The molecule has 0 amide bonds. The summed E-state index contributed by atoms with van der Waals surface area (Å²) in [4.78, 5) is 0. The molecule has 0 saturated heterocycles. The van der Waals surface area contributed by atoms with Crippen molar-refractivity contribution in [1.82, 2.24) is 0 Å². The molecule has 0 spiro atoms. The van der Waals surface area contributed by atoms with Crippen LogP contribution in [0.5, 0.6) is 5.75 Å². The second kappa shape index (κ2) is 5.12. The van der Waals surface area contributed by atoms with Crippen molar-refractivity contribution in [3.8, 4) is 5.75 Å². The van der Waals surface area contributed by atoms with E-state index in [1.165, 1.54) is 16.7 Å². The molecule has 2 aromatic rings. The summed E-state index contributed by atoms with van der Waals surface area (Å²) in [6, 6.07) is 11.9. The molecule has 3 rings (SSSR count). The highest BCUT2D eigenvalue weighted by Gasteiger charge is 2.28. The zero-order chi connectivity index (χ0) is 14.3. The van der Waals surface area contributed by atoms with E-state index in [9.17, 15) is 0 Å². The number of hydrogen-bond acceptors (Lipinski definition) is 2. The summed E-state index contributed by atoms with van der Waals surface area (Å²) in [5.41, 5.74) is 11.1. The van der Waals surface area contributed by atoms with E-state index in [1.807, 2.05) is 18.2 Å². The SMILES string of the molecule is Cc1cccc(C)c1C1C[C@@H](N)c2cc(Cl)ccc2O1. The van der Waals surface area contributed by atoms with Gasteiger partial charge in [-0.3, -0.25) is 0 Å². The van der Waals surface area contributed by atoms with E-state index in [-0.39, 0.29) is 12.1 Å². The molecular weight excluding hydrogens is 270 g/mol. The summed E-state index contributed by atoms with van der Waals surface area (Å²) >= 11 is 6.03. The third kappa shape index (κ3) is 2.30. The van der Waals surface area contributed by atoms with Crippen LogP contribution in [0.1, 0.15) is 40.8 Å². The van der Waals surface area contributed by atoms with E-state index in [4.69, 9.17) is 22.1 Å². The molecule has 2 atom stereocenters. The molecule has 0 saturated carbocycles. The number of benzene rings is 2. The number of halogens is 1. The van der Waals surface area contributed by atoms with Crippen LogP contribution in [0, 0.1) is 13.8 Å². The Hall–Kier alpha value is -1.51. The molecule has 2 nitrogen and oxygen atoms in total. The van der Waals surface area contributed by atoms with Crippen LogP contribution >= 0.6 is 11.6 Å². The molecule has 0 aromatic heterocycles. The average molecular weight is 288 g/mol. The number of rotatable bonds is 1. The standard InChI is InChI=1S/C17H18ClNO/c1-10-4-3-5-11(2)17(10)16-9-14(19)13-8-12(18)6-7-15(13)20-16/h3-8,14,16H,9,19H2,1-2H3/t14-,16?/m1/s1. The van der Waals surface area contributed by atoms with Crippen LogP contribution in [0.2, 0.25) is 5.02 Å². The minimum Gasteiger partial charge on any atom is -0.485 e. The molecular formula is C17H18ClNO. The second-order valence-corrected chi connectivity index (χ2v) is 5.87. The van der Waals surface area contributed by atoms with Gasteiger partial charge >= 0.3 is 0 Å². The number of nitrogens with two attached hydrogens (primary N) is 1. The summed E-state index contributed by atoms with van der Waals surface area (Å²) in [6.45, 7) is 4.24. The lowest BCUT2D eigenvalue weighted by atomic mass is 9.89. The maximum Gasteiger partial charge on any atom is 0.126 e.